The largest absolute Gasteiger partial charge is 0.378 e. The summed E-state index contributed by atoms with van der Waals surface area (Å²) in [5.74, 6) is 0.634. The molecule has 1 aromatic heterocycles. The molecule has 0 spiro atoms. The van der Waals surface area contributed by atoms with Gasteiger partial charge in [0.1, 0.15) is 5.82 Å². The lowest BCUT2D eigenvalue weighted by atomic mass is 10.2. The average molecular weight is 439 g/mol. The third-order valence-electron chi connectivity index (χ3n) is 4.38. The molecule has 2 aromatic rings. The molecule has 0 saturated carbocycles. The maximum absolute atomic E-state index is 12.2. The minimum Gasteiger partial charge on any atom is -0.378 e. The first-order valence-corrected chi connectivity index (χ1v) is 11.1. The van der Waals surface area contributed by atoms with Crippen LogP contribution in [0.3, 0.4) is 0 Å². The van der Waals surface area contributed by atoms with Gasteiger partial charge in [-0.05, 0) is 29.8 Å². The summed E-state index contributed by atoms with van der Waals surface area (Å²) in [6.07, 6.45) is 1.76. The zero-order valence-electron chi connectivity index (χ0n) is 15.8. The first-order chi connectivity index (χ1) is 13.9. The third kappa shape index (κ3) is 6.40. The molecule has 2 N–H and O–H groups in total. The number of ether oxygens (including phenoxy) is 1. The van der Waals surface area contributed by atoms with Crippen LogP contribution in [0.15, 0.2) is 47.5 Å². The second kappa shape index (κ2) is 10.0. The Morgan fingerprint density at radius 1 is 1.21 bits per heavy atom. The van der Waals surface area contributed by atoms with Crippen LogP contribution in [0, 0.1) is 0 Å². The lowest BCUT2D eigenvalue weighted by Crippen LogP contribution is -2.36. The summed E-state index contributed by atoms with van der Waals surface area (Å²) < 4.78 is 32.1. The van der Waals surface area contributed by atoms with Crippen molar-refractivity contribution in [1.29, 1.82) is 0 Å². The molecule has 0 bridgehead atoms. The molecular formula is C19H23ClN4O4S. The van der Waals surface area contributed by atoms with E-state index < -0.39 is 10.0 Å². The molecule has 1 fully saturated rings. The van der Waals surface area contributed by atoms with E-state index in [9.17, 15) is 13.2 Å². The highest BCUT2D eigenvalue weighted by Crippen LogP contribution is 2.15. The average Bonchev–Trinajstić information content (AvgIpc) is 2.73. The first-order valence-electron chi connectivity index (χ1n) is 9.23. The highest BCUT2D eigenvalue weighted by molar-refractivity contribution is 7.89. The number of nitrogens with one attached hydrogen (secondary N) is 2. The minimum atomic E-state index is -3.70. The molecular weight excluding hydrogens is 416 g/mol. The number of pyridine rings is 1. The van der Waals surface area contributed by atoms with E-state index in [2.05, 4.69) is 19.9 Å². The minimum absolute atomic E-state index is 0.00506. The molecule has 29 heavy (non-hydrogen) atoms. The topological polar surface area (TPSA) is 101 Å². The third-order valence-corrected chi connectivity index (χ3v) is 6.08. The van der Waals surface area contributed by atoms with E-state index in [4.69, 9.17) is 16.3 Å². The molecule has 1 amide bonds. The number of amides is 1. The Balaban J connectivity index is 1.42. The normalized spacial score (nSPS) is 14.6. The monoisotopic (exact) mass is 438 g/mol. The van der Waals surface area contributed by atoms with Crippen LogP contribution < -0.4 is 14.9 Å². The van der Waals surface area contributed by atoms with Gasteiger partial charge >= 0.3 is 0 Å². The maximum Gasteiger partial charge on any atom is 0.240 e. The van der Waals surface area contributed by atoms with Crippen LogP contribution in [0.1, 0.15) is 12.0 Å². The number of nitrogens with zero attached hydrogens (tertiary/aromatic N) is 2. The molecule has 2 heterocycles. The molecule has 3 rings (SSSR count). The molecule has 8 nitrogen and oxygen atoms in total. The van der Waals surface area contributed by atoms with E-state index in [0.29, 0.717) is 24.8 Å². The Hall–Kier alpha value is -2.20. The predicted molar refractivity (Wildman–Crippen MR) is 110 cm³/mol. The summed E-state index contributed by atoms with van der Waals surface area (Å²) >= 11 is 5.82. The maximum atomic E-state index is 12.2. The van der Waals surface area contributed by atoms with Gasteiger partial charge in [0.15, 0.2) is 0 Å². The van der Waals surface area contributed by atoms with Crippen LogP contribution in [0.4, 0.5) is 5.82 Å². The lowest BCUT2D eigenvalue weighted by molar-refractivity contribution is -0.121. The van der Waals surface area contributed by atoms with Crippen LogP contribution >= 0.6 is 11.6 Å². The molecule has 10 heteroatoms. The second-order valence-corrected chi connectivity index (χ2v) is 8.71. The Bertz CT molecular complexity index is 931. The van der Waals surface area contributed by atoms with Crippen LogP contribution in [-0.4, -0.2) is 52.2 Å². The SMILES string of the molecule is O=C(CCNS(=O)(=O)c1cccc(Cl)c1)NCc1ccc(N2CCOCC2)nc1. The van der Waals surface area contributed by atoms with E-state index in [1.165, 1.54) is 12.1 Å². The summed E-state index contributed by atoms with van der Waals surface area (Å²) in [5, 5.41) is 3.10. The van der Waals surface area contributed by atoms with Gasteiger partial charge in [-0.15, -0.1) is 0 Å². The van der Waals surface area contributed by atoms with Gasteiger partial charge < -0.3 is 15.0 Å². The number of rotatable bonds is 8. The first kappa shape index (κ1) is 21.5. The Labute approximate surface area is 175 Å². The molecule has 1 aromatic carbocycles. The highest BCUT2D eigenvalue weighted by atomic mass is 35.5. The van der Waals surface area contributed by atoms with E-state index >= 15 is 0 Å². The van der Waals surface area contributed by atoms with Gasteiger partial charge in [0.05, 0.1) is 18.1 Å². The molecule has 0 aliphatic carbocycles. The summed E-state index contributed by atoms with van der Waals surface area (Å²) in [4.78, 5) is 18.6. The number of morpholine rings is 1. The molecule has 0 radical (unpaired) electrons. The second-order valence-electron chi connectivity index (χ2n) is 6.51. The zero-order valence-corrected chi connectivity index (χ0v) is 17.4. The quantitative estimate of drug-likeness (QED) is 0.648. The van der Waals surface area contributed by atoms with E-state index in [-0.39, 0.29) is 23.8 Å². The van der Waals surface area contributed by atoms with Crippen molar-refractivity contribution in [3.8, 4) is 0 Å². The van der Waals surface area contributed by atoms with Gasteiger partial charge in [-0.2, -0.15) is 0 Å². The molecule has 1 aliphatic heterocycles. The van der Waals surface area contributed by atoms with Gasteiger partial charge in [0, 0.05) is 43.8 Å². The van der Waals surface area contributed by atoms with Crippen molar-refractivity contribution in [3.63, 3.8) is 0 Å². The fourth-order valence-electron chi connectivity index (χ4n) is 2.81. The number of carbonyl (C=O) groups excluding carboxylic acids is 1. The lowest BCUT2D eigenvalue weighted by Gasteiger charge is -2.27. The van der Waals surface area contributed by atoms with Crippen LogP contribution in [0.25, 0.3) is 0 Å². The van der Waals surface area contributed by atoms with Gasteiger partial charge in [0.25, 0.3) is 0 Å². The van der Waals surface area contributed by atoms with Crippen molar-refractivity contribution in [2.24, 2.45) is 0 Å². The standard InChI is InChI=1S/C19H23ClN4O4S/c20-16-2-1-3-17(12-16)29(26,27)23-7-6-19(25)22-14-15-4-5-18(21-13-15)24-8-10-28-11-9-24/h1-5,12-13,23H,6-11,14H2,(H,22,25). The number of hydrogen-bond acceptors (Lipinski definition) is 6. The molecule has 156 valence electrons. The van der Waals surface area contributed by atoms with Gasteiger partial charge in [-0.1, -0.05) is 23.7 Å². The number of sulfonamides is 1. The fourth-order valence-corrected chi connectivity index (χ4v) is 4.14. The summed E-state index contributed by atoms with van der Waals surface area (Å²) in [5.41, 5.74) is 0.870. The van der Waals surface area contributed by atoms with Crippen LogP contribution in [0.2, 0.25) is 5.02 Å². The molecule has 1 aliphatic rings. The van der Waals surface area contributed by atoms with Crippen molar-refractivity contribution in [1.82, 2.24) is 15.0 Å². The van der Waals surface area contributed by atoms with Crippen molar-refractivity contribution < 1.29 is 17.9 Å². The van der Waals surface area contributed by atoms with Crippen molar-refractivity contribution in [3.05, 3.63) is 53.2 Å². The van der Waals surface area contributed by atoms with Gasteiger partial charge in [-0.3, -0.25) is 4.79 Å². The van der Waals surface area contributed by atoms with Gasteiger partial charge in [-0.25, -0.2) is 18.1 Å². The van der Waals surface area contributed by atoms with Crippen molar-refractivity contribution >= 4 is 33.3 Å². The zero-order chi connectivity index (χ0) is 20.7. The fraction of sp³-hybridized carbons (Fsp3) is 0.368. The van der Waals surface area contributed by atoms with Crippen molar-refractivity contribution in [2.45, 2.75) is 17.9 Å². The Morgan fingerprint density at radius 3 is 2.69 bits per heavy atom. The van der Waals surface area contributed by atoms with Crippen molar-refractivity contribution in [2.75, 3.05) is 37.7 Å². The van der Waals surface area contributed by atoms with E-state index in [0.717, 1.165) is 24.5 Å². The summed E-state index contributed by atoms with van der Waals surface area (Å²) in [6, 6.07) is 9.80. The highest BCUT2D eigenvalue weighted by Gasteiger charge is 2.15. The predicted octanol–water partition coefficient (Wildman–Crippen LogP) is 1.56. The van der Waals surface area contributed by atoms with Crippen LogP contribution in [0.5, 0.6) is 0 Å². The summed E-state index contributed by atoms with van der Waals surface area (Å²) in [7, 11) is -3.70. The molecule has 1 saturated heterocycles. The Morgan fingerprint density at radius 2 is 2.00 bits per heavy atom. The number of anilines is 1. The number of halogens is 1. The molecule has 0 unspecified atom stereocenters. The van der Waals surface area contributed by atoms with Gasteiger partial charge in [0.2, 0.25) is 15.9 Å². The number of hydrogen-bond donors (Lipinski definition) is 2. The number of benzene rings is 1. The Kier molecular flexibility index (Phi) is 7.43. The smallest absolute Gasteiger partial charge is 0.240 e. The molecule has 0 atom stereocenters. The number of carbonyl (C=O) groups is 1. The van der Waals surface area contributed by atoms with Crippen LogP contribution in [-0.2, 0) is 26.1 Å². The van der Waals surface area contributed by atoms with E-state index in [1.807, 2.05) is 12.1 Å². The van der Waals surface area contributed by atoms with E-state index in [1.54, 1.807) is 18.3 Å². The summed E-state index contributed by atoms with van der Waals surface area (Å²) in [6.45, 7) is 3.34. The number of aromatic nitrogens is 1.